The molecule has 92 valence electrons. The fourth-order valence-electron chi connectivity index (χ4n) is 2.42. The van der Waals surface area contributed by atoms with Gasteiger partial charge in [-0.05, 0) is 0 Å². The van der Waals surface area contributed by atoms with Gasteiger partial charge < -0.3 is 0 Å². The molecule has 1 N–H and O–H groups in total. The van der Waals surface area contributed by atoms with E-state index >= 15 is 0 Å². The van der Waals surface area contributed by atoms with Crippen LogP contribution in [0.5, 0.6) is 5.75 Å². The van der Waals surface area contributed by atoms with Gasteiger partial charge in [-0.15, -0.1) is 0 Å². The third kappa shape index (κ3) is 3.04. The van der Waals surface area contributed by atoms with Gasteiger partial charge >= 0.3 is 111 Å². The van der Waals surface area contributed by atoms with Gasteiger partial charge in [-0.1, -0.05) is 0 Å². The molecular weight excluding hydrogens is 277 g/mol. The summed E-state index contributed by atoms with van der Waals surface area (Å²) in [7, 11) is 1.70. The molecule has 0 spiro atoms. The fraction of sp³-hybridized carbons (Fsp3) is 0.538. The van der Waals surface area contributed by atoms with Crippen molar-refractivity contribution in [2.45, 2.75) is 25.4 Å². The van der Waals surface area contributed by atoms with E-state index in [0.29, 0.717) is 6.04 Å². The maximum atomic E-state index is 9.32. The van der Waals surface area contributed by atoms with Crippen molar-refractivity contribution in [2.24, 2.45) is 0 Å². The van der Waals surface area contributed by atoms with Crippen LogP contribution in [0.1, 0.15) is 18.4 Å². The van der Waals surface area contributed by atoms with Crippen LogP contribution < -0.4 is 9.09 Å². The first-order chi connectivity index (χ1) is 8.24. The molecule has 1 aliphatic rings. The van der Waals surface area contributed by atoms with Gasteiger partial charge in [0.2, 0.25) is 0 Å². The second kappa shape index (κ2) is 5.90. The monoisotopic (exact) mass is 295 g/mol. The number of aliphatic hydroxyl groups excluding tert-OH is 1. The summed E-state index contributed by atoms with van der Waals surface area (Å²) in [5.74, 6) is 0.934. The number of nitrogens with zero attached hydrogens (tertiary/aromatic N) is 1. The van der Waals surface area contributed by atoms with Crippen LogP contribution in [0.15, 0.2) is 18.2 Å². The Morgan fingerprint density at radius 3 is 3.06 bits per heavy atom. The molecule has 2 radical (unpaired) electrons. The van der Waals surface area contributed by atoms with E-state index in [-0.39, 0.29) is 6.61 Å². The van der Waals surface area contributed by atoms with Crippen LogP contribution in [0, 0.1) is 0 Å². The molecule has 2 rings (SSSR count). The van der Waals surface area contributed by atoms with Gasteiger partial charge in [-0.2, -0.15) is 0 Å². The first-order valence-electron chi connectivity index (χ1n) is 5.95. The van der Waals surface area contributed by atoms with Crippen LogP contribution in [0.25, 0.3) is 0 Å². The Balaban J connectivity index is 2.14. The standard InChI is InChI=1S/C13H18AsNO2/c1-17-13-5-4-11(14)7-10(13)8-15-6-2-3-12(15)9-16/h4-5,7,12,16H,2-3,6,8-9H2,1H3. The zero-order valence-electron chi connectivity index (χ0n) is 10.1. The summed E-state index contributed by atoms with van der Waals surface area (Å²) in [5.41, 5.74) is 1.20. The summed E-state index contributed by atoms with van der Waals surface area (Å²) in [6.07, 6.45) is 2.27. The van der Waals surface area contributed by atoms with Gasteiger partial charge in [-0.25, -0.2) is 0 Å². The summed E-state index contributed by atoms with van der Waals surface area (Å²) in [6.45, 7) is 2.18. The number of aliphatic hydroxyl groups is 1. The molecular formula is C13H18AsNO2. The second-order valence-electron chi connectivity index (χ2n) is 4.45. The number of likely N-dealkylation sites (tertiary alicyclic amines) is 1. The van der Waals surface area contributed by atoms with E-state index in [4.69, 9.17) is 4.74 Å². The summed E-state index contributed by atoms with van der Waals surface area (Å²) >= 11 is 2.56. The molecule has 0 bridgehead atoms. The van der Waals surface area contributed by atoms with Crippen LogP contribution >= 0.6 is 0 Å². The number of rotatable bonds is 4. The van der Waals surface area contributed by atoms with Crippen molar-refractivity contribution in [1.29, 1.82) is 0 Å². The van der Waals surface area contributed by atoms with E-state index < -0.39 is 0 Å². The molecule has 4 heteroatoms. The molecule has 1 aromatic rings. The Bertz CT molecular complexity index is 384. The topological polar surface area (TPSA) is 32.7 Å². The van der Waals surface area contributed by atoms with Crippen molar-refractivity contribution < 1.29 is 9.84 Å². The van der Waals surface area contributed by atoms with Gasteiger partial charge in [-0.3, -0.25) is 0 Å². The third-order valence-corrected chi connectivity index (χ3v) is 3.93. The molecule has 1 atom stereocenters. The molecule has 1 saturated heterocycles. The van der Waals surface area contributed by atoms with Crippen LogP contribution in [-0.2, 0) is 6.54 Å². The number of hydrogen-bond donors (Lipinski definition) is 1. The molecule has 0 aromatic heterocycles. The molecule has 1 heterocycles. The van der Waals surface area contributed by atoms with E-state index in [1.807, 2.05) is 12.1 Å². The molecule has 3 nitrogen and oxygen atoms in total. The quantitative estimate of drug-likeness (QED) is 0.819. The SMILES string of the molecule is COc1ccc([As])cc1CN1CCCC1CO. The van der Waals surface area contributed by atoms with Gasteiger partial charge in [0, 0.05) is 0 Å². The van der Waals surface area contributed by atoms with Gasteiger partial charge in [0.1, 0.15) is 0 Å². The average molecular weight is 295 g/mol. The number of ether oxygens (including phenoxy) is 1. The molecule has 0 amide bonds. The third-order valence-electron chi connectivity index (χ3n) is 3.35. The van der Waals surface area contributed by atoms with Crippen molar-refractivity contribution in [3.05, 3.63) is 23.8 Å². The van der Waals surface area contributed by atoms with Gasteiger partial charge in [0.15, 0.2) is 0 Å². The Kier molecular flexibility index (Phi) is 4.49. The van der Waals surface area contributed by atoms with E-state index in [1.54, 1.807) is 7.11 Å². The van der Waals surface area contributed by atoms with E-state index in [1.165, 1.54) is 16.3 Å². The Hall–Kier alpha value is -0.502. The summed E-state index contributed by atoms with van der Waals surface area (Å²) in [5, 5.41) is 9.32. The molecule has 1 unspecified atom stereocenters. The second-order valence-corrected chi connectivity index (χ2v) is 5.53. The van der Waals surface area contributed by atoms with Crippen LogP contribution in [0.4, 0.5) is 0 Å². The minimum absolute atomic E-state index is 0.254. The van der Waals surface area contributed by atoms with Crippen LogP contribution in [-0.4, -0.2) is 53.2 Å². The van der Waals surface area contributed by atoms with Crippen molar-refractivity contribution in [3.63, 3.8) is 0 Å². The Labute approximate surface area is 111 Å². The van der Waals surface area contributed by atoms with E-state index in [2.05, 4.69) is 27.8 Å². The maximum absolute atomic E-state index is 9.32. The zero-order valence-corrected chi connectivity index (χ0v) is 12.0. The Morgan fingerprint density at radius 2 is 2.35 bits per heavy atom. The molecule has 1 aliphatic heterocycles. The van der Waals surface area contributed by atoms with Gasteiger partial charge in [0.25, 0.3) is 0 Å². The van der Waals surface area contributed by atoms with Crippen molar-refractivity contribution in [1.82, 2.24) is 4.90 Å². The van der Waals surface area contributed by atoms with E-state index in [0.717, 1.165) is 25.3 Å². The summed E-state index contributed by atoms with van der Waals surface area (Å²) < 4.78 is 6.57. The molecule has 0 saturated carbocycles. The number of hydrogen-bond acceptors (Lipinski definition) is 3. The van der Waals surface area contributed by atoms with Crippen molar-refractivity contribution >= 4 is 21.2 Å². The first kappa shape index (κ1) is 12.9. The van der Waals surface area contributed by atoms with Crippen LogP contribution in [0.2, 0.25) is 0 Å². The molecule has 1 aromatic carbocycles. The average Bonchev–Trinajstić information content (AvgIpc) is 2.77. The summed E-state index contributed by atoms with van der Waals surface area (Å²) in [4.78, 5) is 2.34. The predicted octanol–water partition coefficient (Wildman–Crippen LogP) is 0.446. The van der Waals surface area contributed by atoms with E-state index in [9.17, 15) is 5.11 Å². The normalized spacial score (nSPS) is 20.8. The fourth-order valence-corrected chi connectivity index (χ4v) is 2.90. The zero-order chi connectivity index (χ0) is 12.3. The van der Waals surface area contributed by atoms with Crippen molar-refractivity contribution in [2.75, 3.05) is 20.3 Å². The summed E-state index contributed by atoms with van der Waals surface area (Å²) in [6, 6.07) is 6.50. The van der Waals surface area contributed by atoms with Gasteiger partial charge in [0.05, 0.1) is 0 Å². The Morgan fingerprint density at radius 1 is 1.53 bits per heavy atom. The number of methoxy groups -OCH3 is 1. The van der Waals surface area contributed by atoms with Crippen molar-refractivity contribution in [3.8, 4) is 5.75 Å². The predicted molar refractivity (Wildman–Crippen MR) is 68.9 cm³/mol. The molecule has 1 fully saturated rings. The molecule has 0 aliphatic carbocycles. The first-order valence-corrected chi connectivity index (χ1v) is 6.89. The number of benzene rings is 1. The minimum atomic E-state index is 0.254. The molecule has 17 heavy (non-hydrogen) atoms. The van der Waals surface area contributed by atoms with Crippen LogP contribution in [0.3, 0.4) is 0 Å².